The van der Waals surface area contributed by atoms with Gasteiger partial charge in [-0.05, 0) is 12.8 Å². The number of nitrogens with zero attached hydrogens (tertiary/aromatic N) is 4. The van der Waals surface area contributed by atoms with Gasteiger partial charge in [0.25, 0.3) is 0 Å². The lowest BCUT2D eigenvalue weighted by molar-refractivity contribution is 0.172. The molecular weight excluding hydrogens is 224 g/mol. The summed E-state index contributed by atoms with van der Waals surface area (Å²) in [6, 6.07) is 2.23. The summed E-state index contributed by atoms with van der Waals surface area (Å²) in [5, 5.41) is 13.5. The van der Waals surface area contributed by atoms with Crippen molar-refractivity contribution in [2.45, 2.75) is 39.5 Å². The minimum absolute atomic E-state index is 0.466. The molecule has 4 heteroatoms. The zero-order valence-electron chi connectivity index (χ0n) is 11.6. The van der Waals surface area contributed by atoms with E-state index in [-0.39, 0.29) is 0 Å². The van der Waals surface area contributed by atoms with Gasteiger partial charge in [0.05, 0.1) is 0 Å². The van der Waals surface area contributed by atoms with Crippen molar-refractivity contribution in [2.24, 2.45) is 12.5 Å². The van der Waals surface area contributed by atoms with E-state index >= 15 is 0 Å². The predicted octanol–water partition coefficient (Wildman–Crippen LogP) is 2.70. The predicted molar refractivity (Wildman–Crippen MR) is 72.4 cm³/mol. The lowest BCUT2D eigenvalue weighted by Gasteiger charge is -2.51. The van der Waals surface area contributed by atoms with Crippen LogP contribution in [0, 0.1) is 16.7 Å². The fourth-order valence-corrected chi connectivity index (χ4v) is 3.20. The highest BCUT2D eigenvalue weighted by Gasteiger charge is 2.42. The van der Waals surface area contributed by atoms with Gasteiger partial charge < -0.3 is 4.90 Å². The van der Waals surface area contributed by atoms with Crippen LogP contribution in [0.15, 0.2) is 6.20 Å². The van der Waals surface area contributed by atoms with Crippen LogP contribution in [0.2, 0.25) is 0 Å². The van der Waals surface area contributed by atoms with Crippen molar-refractivity contribution in [1.82, 2.24) is 9.78 Å². The largest absolute Gasteiger partial charge is 0.353 e. The molecule has 18 heavy (non-hydrogen) atoms. The smallest absolute Gasteiger partial charge is 0.168 e. The third kappa shape index (κ3) is 2.22. The Bertz CT molecular complexity index is 441. The molecule has 1 aromatic rings. The summed E-state index contributed by atoms with van der Waals surface area (Å²) in [5.74, 6) is 0.864. The maximum atomic E-state index is 9.11. The van der Waals surface area contributed by atoms with Crippen LogP contribution in [0.1, 0.15) is 45.1 Å². The Kier molecular flexibility index (Phi) is 3.60. The summed E-state index contributed by atoms with van der Waals surface area (Å²) in [4.78, 5) is 2.25. The highest BCUT2D eigenvalue weighted by atomic mass is 15.4. The third-order valence-corrected chi connectivity index (χ3v) is 3.84. The number of rotatable bonds is 5. The molecule has 98 valence electrons. The van der Waals surface area contributed by atoms with Gasteiger partial charge in [-0.25, -0.2) is 0 Å². The number of anilines is 1. The highest BCUT2D eigenvalue weighted by Crippen LogP contribution is 2.42. The zero-order chi connectivity index (χ0) is 13.2. The number of hydrogen-bond acceptors (Lipinski definition) is 3. The second kappa shape index (κ2) is 5.01. The van der Waals surface area contributed by atoms with Crippen molar-refractivity contribution in [1.29, 1.82) is 5.26 Å². The maximum Gasteiger partial charge on any atom is 0.168 e. The molecule has 0 aliphatic carbocycles. The van der Waals surface area contributed by atoms with Crippen LogP contribution in [0.3, 0.4) is 0 Å². The van der Waals surface area contributed by atoms with Crippen molar-refractivity contribution in [3.05, 3.63) is 11.8 Å². The lowest BCUT2D eigenvalue weighted by atomic mass is 9.72. The van der Waals surface area contributed by atoms with Crippen molar-refractivity contribution in [3.8, 4) is 6.07 Å². The first kappa shape index (κ1) is 12.9. The third-order valence-electron chi connectivity index (χ3n) is 3.84. The highest BCUT2D eigenvalue weighted by molar-refractivity contribution is 5.55. The second-order valence-corrected chi connectivity index (χ2v) is 5.51. The number of aromatic nitrogens is 2. The molecular formula is C14H22N4. The average Bonchev–Trinajstić information content (AvgIpc) is 2.66. The van der Waals surface area contributed by atoms with E-state index in [1.807, 2.05) is 7.05 Å². The molecule has 2 rings (SSSR count). The van der Waals surface area contributed by atoms with Gasteiger partial charge in [0.1, 0.15) is 11.6 Å². The minimum atomic E-state index is 0.466. The van der Waals surface area contributed by atoms with Crippen LogP contribution in [-0.4, -0.2) is 22.9 Å². The van der Waals surface area contributed by atoms with Crippen LogP contribution >= 0.6 is 0 Å². The van der Waals surface area contributed by atoms with Crippen LogP contribution in [0.4, 0.5) is 5.82 Å². The maximum absolute atomic E-state index is 9.11. The number of aryl methyl sites for hydroxylation is 1. The Hall–Kier alpha value is -1.50. The quantitative estimate of drug-likeness (QED) is 0.802. The SMILES string of the molecule is CCCC1(CCC)CN(c2nn(C)cc2C#N)C1. The zero-order valence-corrected chi connectivity index (χ0v) is 11.6. The second-order valence-electron chi connectivity index (χ2n) is 5.51. The van der Waals surface area contributed by atoms with E-state index in [2.05, 4.69) is 29.9 Å². The molecule has 2 heterocycles. The van der Waals surface area contributed by atoms with Crippen LogP contribution in [-0.2, 0) is 7.05 Å². The fourth-order valence-electron chi connectivity index (χ4n) is 3.20. The summed E-state index contributed by atoms with van der Waals surface area (Å²) >= 11 is 0. The van der Waals surface area contributed by atoms with Crippen LogP contribution in [0.25, 0.3) is 0 Å². The van der Waals surface area contributed by atoms with Crippen molar-refractivity contribution in [2.75, 3.05) is 18.0 Å². The van der Waals surface area contributed by atoms with E-state index in [4.69, 9.17) is 5.26 Å². The number of hydrogen-bond donors (Lipinski definition) is 0. The van der Waals surface area contributed by atoms with E-state index in [1.54, 1.807) is 10.9 Å². The standard InChI is InChI=1S/C14H22N4/c1-4-6-14(7-5-2)10-18(11-14)13-12(8-15)9-17(3)16-13/h9H,4-7,10-11H2,1-3H3. The normalized spacial score (nSPS) is 17.3. The summed E-state index contributed by atoms with van der Waals surface area (Å²) in [6.07, 6.45) is 6.84. The van der Waals surface area contributed by atoms with Crippen molar-refractivity contribution >= 4 is 5.82 Å². The monoisotopic (exact) mass is 246 g/mol. The Morgan fingerprint density at radius 3 is 2.44 bits per heavy atom. The van der Waals surface area contributed by atoms with E-state index in [0.717, 1.165) is 18.9 Å². The van der Waals surface area contributed by atoms with Gasteiger partial charge in [-0.2, -0.15) is 10.4 Å². The van der Waals surface area contributed by atoms with Crippen LogP contribution < -0.4 is 4.90 Å². The molecule has 0 bridgehead atoms. The Morgan fingerprint density at radius 1 is 1.33 bits per heavy atom. The minimum Gasteiger partial charge on any atom is -0.353 e. The molecule has 1 aliphatic heterocycles. The fraction of sp³-hybridized carbons (Fsp3) is 0.714. The van der Waals surface area contributed by atoms with E-state index < -0.39 is 0 Å². The summed E-state index contributed by atoms with van der Waals surface area (Å²) < 4.78 is 1.73. The van der Waals surface area contributed by atoms with Gasteiger partial charge in [0.15, 0.2) is 5.82 Å². The molecule has 1 aromatic heterocycles. The first-order valence-electron chi connectivity index (χ1n) is 6.83. The molecule has 0 radical (unpaired) electrons. The van der Waals surface area contributed by atoms with Crippen molar-refractivity contribution < 1.29 is 0 Å². The van der Waals surface area contributed by atoms with Gasteiger partial charge in [0, 0.05) is 31.7 Å². The van der Waals surface area contributed by atoms with Gasteiger partial charge in [-0.1, -0.05) is 26.7 Å². The molecule has 0 unspecified atom stereocenters. The molecule has 0 atom stereocenters. The molecule has 0 N–H and O–H groups in total. The first-order chi connectivity index (χ1) is 8.64. The summed E-state index contributed by atoms with van der Waals surface area (Å²) in [5.41, 5.74) is 1.16. The van der Waals surface area contributed by atoms with Crippen molar-refractivity contribution in [3.63, 3.8) is 0 Å². The average molecular weight is 246 g/mol. The van der Waals surface area contributed by atoms with Gasteiger partial charge >= 0.3 is 0 Å². The molecule has 0 amide bonds. The van der Waals surface area contributed by atoms with E-state index in [1.165, 1.54) is 25.7 Å². The topological polar surface area (TPSA) is 44.9 Å². The molecule has 4 nitrogen and oxygen atoms in total. The van der Waals surface area contributed by atoms with E-state index in [0.29, 0.717) is 11.0 Å². The van der Waals surface area contributed by atoms with Gasteiger partial charge in [0.2, 0.25) is 0 Å². The van der Waals surface area contributed by atoms with Gasteiger partial charge in [-0.3, -0.25) is 4.68 Å². The Labute approximate surface area is 109 Å². The molecule has 0 aromatic carbocycles. The summed E-state index contributed by atoms with van der Waals surface area (Å²) in [6.45, 7) is 6.61. The van der Waals surface area contributed by atoms with E-state index in [9.17, 15) is 0 Å². The molecule has 0 saturated carbocycles. The molecule has 1 fully saturated rings. The number of nitriles is 1. The molecule has 1 saturated heterocycles. The first-order valence-corrected chi connectivity index (χ1v) is 6.83. The Balaban J connectivity index is 2.09. The lowest BCUT2D eigenvalue weighted by Crippen LogP contribution is -2.56. The summed E-state index contributed by atoms with van der Waals surface area (Å²) in [7, 11) is 1.87. The Morgan fingerprint density at radius 2 is 1.94 bits per heavy atom. The molecule has 0 spiro atoms. The van der Waals surface area contributed by atoms with Gasteiger partial charge in [-0.15, -0.1) is 0 Å². The van der Waals surface area contributed by atoms with Crippen LogP contribution in [0.5, 0.6) is 0 Å². The molecule has 1 aliphatic rings.